The molecule has 3 aromatic rings. The highest BCUT2D eigenvalue weighted by atomic mass is 16.5. The van der Waals surface area contributed by atoms with Crippen LogP contribution in [0, 0.1) is 52.3 Å². The number of rotatable bonds is 7. The van der Waals surface area contributed by atoms with Crippen molar-refractivity contribution in [1.29, 1.82) is 0 Å². The van der Waals surface area contributed by atoms with E-state index in [-0.39, 0.29) is 0 Å². The van der Waals surface area contributed by atoms with Crippen molar-refractivity contribution < 1.29 is 4.74 Å². The van der Waals surface area contributed by atoms with Gasteiger partial charge in [0.05, 0.1) is 19.0 Å². The summed E-state index contributed by atoms with van der Waals surface area (Å²) in [5, 5.41) is 4.79. The van der Waals surface area contributed by atoms with Crippen molar-refractivity contribution in [3.63, 3.8) is 0 Å². The molecule has 4 nitrogen and oxygen atoms in total. The van der Waals surface area contributed by atoms with Gasteiger partial charge in [-0.15, -0.1) is 0 Å². The molecule has 226 valence electrons. The van der Waals surface area contributed by atoms with Gasteiger partial charge >= 0.3 is 0 Å². The molecule has 0 aliphatic heterocycles. The number of fused-ring (bicyclic) bond motifs is 7. The van der Waals surface area contributed by atoms with Crippen LogP contribution in [-0.4, -0.2) is 21.7 Å². The summed E-state index contributed by atoms with van der Waals surface area (Å²) in [5.74, 6) is 6.91. The molecule has 3 saturated carbocycles. The lowest BCUT2D eigenvalue weighted by molar-refractivity contribution is -0.103. The minimum atomic E-state index is 0.335. The first-order valence-electron chi connectivity index (χ1n) is 17.2. The van der Waals surface area contributed by atoms with E-state index < -0.39 is 0 Å². The van der Waals surface area contributed by atoms with Crippen LogP contribution in [0.1, 0.15) is 104 Å². The minimum absolute atomic E-state index is 0.335. The summed E-state index contributed by atoms with van der Waals surface area (Å²) in [6.07, 6.45) is 17.0. The summed E-state index contributed by atoms with van der Waals surface area (Å²) in [6.45, 7) is 12.8. The molecule has 0 N–H and O–H groups in total. The Hall–Kier alpha value is -2.36. The maximum absolute atomic E-state index is 5.49. The van der Waals surface area contributed by atoms with Crippen LogP contribution >= 0.6 is 0 Å². The maximum atomic E-state index is 5.49. The lowest BCUT2D eigenvalue weighted by Crippen LogP contribution is -2.54. The number of methoxy groups -OCH3 is 1. The first-order chi connectivity index (χ1) is 20.2. The molecule has 42 heavy (non-hydrogen) atoms. The van der Waals surface area contributed by atoms with E-state index >= 15 is 0 Å². The molecule has 4 aliphatic carbocycles. The summed E-state index contributed by atoms with van der Waals surface area (Å²) in [7, 11) is 1.74. The van der Waals surface area contributed by atoms with Crippen LogP contribution in [0.25, 0.3) is 16.9 Å². The van der Waals surface area contributed by atoms with E-state index in [0.29, 0.717) is 10.8 Å². The number of nitrogens with zero attached hydrogens (tertiary/aromatic N) is 3. The van der Waals surface area contributed by atoms with Crippen LogP contribution in [0.3, 0.4) is 0 Å². The van der Waals surface area contributed by atoms with Gasteiger partial charge in [-0.1, -0.05) is 53.9 Å². The molecule has 1 unspecified atom stereocenters. The number of hydrogen-bond acceptors (Lipinski definition) is 3. The van der Waals surface area contributed by atoms with Crippen molar-refractivity contribution >= 4 is 5.65 Å². The number of aromatic nitrogens is 3. The van der Waals surface area contributed by atoms with E-state index in [1.807, 2.05) is 6.20 Å². The quantitative estimate of drug-likeness (QED) is 0.285. The monoisotopic (exact) mass is 567 g/mol. The fraction of sp³-hybridized carbons (Fsp3) is 0.684. The van der Waals surface area contributed by atoms with Gasteiger partial charge in [0.15, 0.2) is 5.65 Å². The van der Waals surface area contributed by atoms with E-state index in [1.54, 1.807) is 7.11 Å². The lowest BCUT2D eigenvalue weighted by atomic mass is 9.44. The highest BCUT2D eigenvalue weighted by Crippen LogP contribution is 2.68. The summed E-state index contributed by atoms with van der Waals surface area (Å²) in [4.78, 5) is 5.23. The van der Waals surface area contributed by atoms with Gasteiger partial charge in [0, 0.05) is 22.9 Å². The van der Waals surface area contributed by atoms with Gasteiger partial charge in [-0.3, -0.25) is 0 Å². The zero-order valence-electron chi connectivity index (χ0n) is 27.0. The van der Waals surface area contributed by atoms with Crippen LogP contribution < -0.4 is 4.74 Å². The Labute approximate surface area is 254 Å². The van der Waals surface area contributed by atoms with Crippen molar-refractivity contribution in [3.8, 4) is 17.0 Å². The van der Waals surface area contributed by atoms with Gasteiger partial charge in [0.25, 0.3) is 0 Å². The Kier molecular flexibility index (Phi) is 7.22. The Balaban J connectivity index is 1.19. The summed E-state index contributed by atoms with van der Waals surface area (Å²) < 4.78 is 7.60. The first kappa shape index (κ1) is 28.4. The standard InChI is InChI=1S/C38H53N3O/c1-24(2)8-7-9-25(3)31-16-17-32-29-15-12-27-22-34-30(23-38(27,5)33(29)18-20-37(31,32)4)36(41-35(40-34)19-21-39-41)26-10-13-28(42-6)14-11-26/h10-11,13-14,19,21,24-25,27,29,31-33H,7-9,12,15-18,20,22-23H2,1-6H3/t25-,27+,29-,31-,32+,33?,37-,38+/m1/s1. The zero-order chi connectivity index (χ0) is 29.2. The van der Waals surface area contributed by atoms with Crippen molar-refractivity contribution in [1.82, 2.24) is 14.6 Å². The molecule has 1 aromatic carbocycles. The van der Waals surface area contributed by atoms with Gasteiger partial charge in [0.2, 0.25) is 0 Å². The Morgan fingerprint density at radius 2 is 1.71 bits per heavy atom. The zero-order valence-corrected chi connectivity index (χ0v) is 27.0. The van der Waals surface area contributed by atoms with E-state index in [4.69, 9.17) is 14.8 Å². The molecule has 0 bridgehead atoms. The highest BCUT2D eigenvalue weighted by molar-refractivity contribution is 5.69. The number of hydrogen-bond donors (Lipinski definition) is 0. The fourth-order valence-corrected chi connectivity index (χ4v) is 11.2. The Bertz CT molecular complexity index is 1420. The van der Waals surface area contributed by atoms with Gasteiger partial charge in [0.1, 0.15) is 5.75 Å². The Morgan fingerprint density at radius 1 is 0.929 bits per heavy atom. The lowest BCUT2D eigenvalue weighted by Gasteiger charge is -2.60. The average molecular weight is 568 g/mol. The molecule has 2 heterocycles. The van der Waals surface area contributed by atoms with Crippen LogP contribution in [0.4, 0.5) is 0 Å². The van der Waals surface area contributed by atoms with Gasteiger partial charge < -0.3 is 4.74 Å². The van der Waals surface area contributed by atoms with Crippen molar-refractivity contribution in [3.05, 3.63) is 47.8 Å². The minimum Gasteiger partial charge on any atom is -0.497 e. The summed E-state index contributed by atoms with van der Waals surface area (Å²) >= 11 is 0. The number of ether oxygens (including phenoxy) is 1. The molecule has 0 amide bonds. The molecule has 7 rings (SSSR count). The van der Waals surface area contributed by atoms with Crippen LogP contribution in [0.2, 0.25) is 0 Å². The average Bonchev–Trinajstić information content (AvgIpc) is 3.58. The van der Waals surface area contributed by atoms with Gasteiger partial charge in [-0.25, -0.2) is 9.50 Å². The third-order valence-electron chi connectivity index (χ3n) is 13.3. The van der Waals surface area contributed by atoms with Gasteiger partial charge in [-0.2, -0.15) is 5.10 Å². The van der Waals surface area contributed by atoms with E-state index in [0.717, 1.165) is 65.7 Å². The van der Waals surface area contributed by atoms with Crippen molar-refractivity contribution in [2.24, 2.45) is 52.3 Å². The first-order valence-corrected chi connectivity index (χ1v) is 17.2. The SMILES string of the molecule is COc1ccc(-c2c3c(nc4ccnn24)C[C@@H]2CC[C@H]4C(CC[C@]5(C)[C@@H]([C@H](C)CCCC(C)C)CC[C@@H]45)[C@@]2(C)C3)cc1. The second-order valence-electron chi connectivity index (χ2n) is 15.8. The van der Waals surface area contributed by atoms with E-state index in [9.17, 15) is 0 Å². The molecular weight excluding hydrogens is 514 g/mol. The van der Waals surface area contributed by atoms with Crippen molar-refractivity contribution in [2.45, 2.75) is 105 Å². The Morgan fingerprint density at radius 3 is 2.48 bits per heavy atom. The van der Waals surface area contributed by atoms with Crippen LogP contribution in [0.15, 0.2) is 36.5 Å². The van der Waals surface area contributed by atoms with Crippen LogP contribution in [-0.2, 0) is 12.8 Å². The molecular formula is C38H53N3O. The summed E-state index contributed by atoms with van der Waals surface area (Å²) in [5.41, 5.74) is 7.11. The molecule has 4 heteroatoms. The van der Waals surface area contributed by atoms with Crippen molar-refractivity contribution in [2.75, 3.05) is 7.11 Å². The van der Waals surface area contributed by atoms with Gasteiger partial charge in [-0.05, 0) is 128 Å². The van der Waals surface area contributed by atoms with E-state index in [1.165, 1.54) is 80.3 Å². The molecule has 3 fully saturated rings. The molecule has 0 saturated heterocycles. The topological polar surface area (TPSA) is 39.4 Å². The largest absolute Gasteiger partial charge is 0.497 e. The second kappa shape index (κ2) is 10.7. The maximum Gasteiger partial charge on any atom is 0.155 e. The van der Waals surface area contributed by atoms with Crippen LogP contribution in [0.5, 0.6) is 5.75 Å². The predicted molar refractivity (Wildman–Crippen MR) is 172 cm³/mol. The summed E-state index contributed by atoms with van der Waals surface area (Å²) in [6, 6.07) is 10.7. The third-order valence-corrected chi connectivity index (χ3v) is 13.3. The molecule has 0 radical (unpaired) electrons. The molecule has 4 aliphatic rings. The number of benzene rings is 1. The third kappa shape index (κ3) is 4.44. The smallest absolute Gasteiger partial charge is 0.155 e. The molecule has 0 spiro atoms. The highest BCUT2D eigenvalue weighted by Gasteiger charge is 2.60. The molecule has 2 aromatic heterocycles. The predicted octanol–water partition coefficient (Wildman–Crippen LogP) is 9.44. The normalized spacial score (nSPS) is 34.5. The van der Waals surface area contributed by atoms with E-state index in [2.05, 4.69) is 69.5 Å². The second-order valence-corrected chi connectivity index (χ2v) is 15.8. The molecule has 8 atom stereocenters. The fourth-order valence-electron chi connectivity index (χ4n) is 11.2.